The lowest BCUT2D eigenvalue weighted by molar-refractivity contribution is -0.271. The van der Waals surface area contributed by atoms with Gasteiger partial charge < -0.3 is 4.74 Å². The van der Waals surface area contributed by atoms with E-state index in [2.05, 4.69) is 0 Å². The Morgan fingerprint density at radius 3 is 2.36 bits per heavy atom. The van der Waals surface area contributed by atoms with Crippen LogP contribution in [0.3, 0.4) is 0 Å². The first-order valence-electron chi connectivity index (χ1n) is 6.78. The van der Waals surface area contributed by atoms with Crippen LogP contribution in [0.15, 0.2) is 48.6 Å². The molecule has 0 saturated carbocycles. The lowest BCUT2D eigenvalue weighted by Crippen LogP contribution is -2.47. The molecule has 22 heavy (non-hydrogen) atoms. The molecular weight excluding hydrogens is 320 g/mol. The molecule has 0 saturated heterocycles. The molecule has 6 heteroatoms. The van der Waals surface area contributed by atoms with Crippen LogP contribution in [0.25, 0.3) is 0 Å². The molecule has 0 bridgehead atoms. The van der Waals surface area contributed by atoms with Crippen molar-refractivity contribution in [2.24, 2.45) is 0 Å². The summed E-state index contributed by atoms with van der Waals surface area (Å²) in [7, 11) is 0. The second-order valence-electron chi connectivity index (χ2n) is 5.01. The Morgan fingerprint density at radius 1 is 1.18 bits per heavy atom. The molecule has 2 rings (SSSR count). The lowest BCUT2D eigenvalue weighted by Gasteiger charge is -2.37. The number of alkyl halides is 4. The fourth-order valence-electron chi connectivity index (χ4n) is 2.29. The summed E-state index contributed by atoms with van der Waals surface area (Å²) in [6.07, 6.45) is -0.237. The van der Waals surface area contributed by atoms with E-state index >= 15 is 0 Å². The third kappa shape index (κ3) is 3.70. The Hall–Kier alpha value is -1.33. The summed E-state index contributed by atoms with van der Waals surface area (Å²) in [5, 5.41) is 0. The summed E-state index contributed by atoms with van der Waals surface area (Å²) < 4.78 is 58.9. The van der Waals surface area contributed by atoms with E-state index in [1.165, 1.54) is 36.4 Å². The van der Waals surface area contributed by atoms with Gasteiger partial charge in [-0.25, -0.2) is 4.39 Å². The molecule has 0 aromatic heterocycles. The summed E-state index contributed by atoms with van der Waals surface area (Å²) >= 11 is 5.69. The first-order valence-corrected chi connectivity index (χ1v) is 7.32. The van der Waals surface area contributed by atoms with Crippen LogP contribution in [0.1, 0.15) is 24.5 Å². The predicted octanol–water partition coefficient (Wildman–Crippen LogP) is 5.33. The van der Waals surface area contributed by atoms with Crippen LogP contribution in [0.4, 0.5) is 17.6 Å². The molecule has 1 aliphatic rings. The van der Waals surface area contributed by atoms with E-state index in [4.69, 9.17) is 16.3 Å². The van der Waals surface area contributed by atoms with Gasteiger partial charge >= 0.3 is 6.18 Å². The van der Waals surface area contributed by atoms with Crippen molar-refractivity contribution in [1.82, 2.24) is 0 Å². The Bertz CT molecular complexity index is 550. The smallest absolute Gasteiger partial charge is 0.353 e. The molecule has 120 valence electrons. The Balaban J connectivity index is 2.30. The summed E-state index contributed by atoms with van der Waals surface area (Å²) in [5.74, 6) is -0.324. The molecule has 2 atom stereocenters. The molecule has 0 N–H and O–H groups in total. The van der Waals surface area contributed by atoms with Gasteiger partial charge in [0.15, 0.2) is 5.60 Å². The largest absolute Gasteiger partial charge is 0.421 e. The number of hydrogen-bond donors (Lipinski definition) is 0. The van der Waals surface area contributed by atoms with Crippen molar-refractivity contribution in [2.75, 3.05) is 5.88 Å². The van der Waals surface area contributed by atoms with Crippen molar-refractivity contribution in [3.05, 3.63) is 60.0 Å². The lowest BCUT2D eigenvalue weighted by atomic mass is 9.93. The first-order chi connectivity index (χ1) is 10.4. The van der Waals surface area contributed by atoms with Crippen LogP contribution in [0.2, 0.25) is 0 Å². The number of benzene rings is 1. The zero-order chi connectivity index (χ0) is 16.2. The van der Waals surface area contributed by atoms with E-state index in [1.807, 2.05) is 0 Å². The van der Waals surface area contributed by atoms with Crippen LogP contribution in [0, 0.1) is 5.82 Å². The highest BCUT2D eigenvalue weighted by molar-refractivity contribution is 6.17. The van der Waals surface area contributed by atoms with Crippen molar-refractivity contribution >= 4 is 11.6 Å². The number of rotatable bonds is 5. The van der Waals surface area contributed by atoms with E-state index < -0.39 is 23.7 Å². The normalized spacial score (nSPS) is 22.8. The van der Waals surface area contributed by atoms with E-state index in [1.54, 1.807) is 6.08 Å². The molecule has 1 aromatic carbocycles. The topological polar surface area (TPSA) is 9.23 Å². The number of allylic oxidation sites excluding steroid dienone is 2. The molecule has 1 nitrogen and oxygen atoms in total. The van der Waals surface area contributed by atoms with Gasteiger partial charge in [0.05, 0.1) is 6.10 Å². The van der Waals surface area contributed by atoms with Gasteiger partial charge in [0.1, 0.15) is 5.82 Å². The Morgan fingerprint density at radius 2 is 1.86 bits per heavy atom. The zero-order valence-electron chi connectivity index (χ0n) is 11.6. The summed E-state index contributed by atoms with van der Waals surface area (Å²) in [6, 6.07) is 5.21. The van der Waals surface area contributed by atoms with Gasteiger partial charge in [0.25, 0.3) is 0 Å². The Kier molecular flexibility index (Phi) is 5.29. The van der Waals surface area contributed by atoms with E-state index in [-0.39, 0.29) is 18.7 Å². The molecule has 0 aliphatic heterocycles. The van der Waals surface area contributed by atoms with Crippen molar-refractivity contribution in [3.63, 3.8) is 0 Å². The predicted molar refractivity (Wildman–Crippen MR) is 77.2 cm³/mol. The van der Waals surface area contributed by atoms with Gasteiger partial charge in [-0.1, -0.05) is 30.4 Å². The molecule has 0 spiro atoms. The molecular formula is C16H15ClF4O. The molecule has 2 unspecified atom stereocenters. The van der Waals surface area contributed by atoms with E-state index in [9.17, 15) is 17.6 Å². The molecule has 0 amide bonds. The average molecular weight is 335 g/mol. The summed E-state index contributed by atoms with van der Waals surface area (Å²) in [6.45, 7) is 0. The molecule has 1 aromatic rings. The van der Waals surface area contributed by atoms with Crippen LogP contribution in [-0.4, -0.2) is 17.7 Å². The van der Waals surface area contributed by atoms with Gasteiger partial charge in [0.2, 0.25) is 0 Å². The molecule has 0 radical (unpaired) electrons. The van der Waals surface area contributed by atoms with Gasteiger partial charge in [-0.2, -0.15) is 13.2 Å². The monoisotopic (exact) mass is 334 g/mol. The van der Waals surface area contributed by atoms with E-state index in [0.29, 0.717) is 5.56 Å². The van der Waals surface area contributed by atoms with Crippen molar-refractivity contribution < 1.29 is 22.3 Å². The van der Waals surface area contributed by atoms with Crippen molar-refractivity contribution in [3.8, 4) is 0 Å². The number of halogens is 5. The van der Waals surface area contributed by atoms with E-state index in [0.717, 1.165) is 6.08 Å². The van der Waals surface area contributed by atoms with Gasteiger partial charge in [-0.15, -0.1) is 11.6 Å². The fourth-order valence-corrected chi connectivity index (χ4v) is 2.49. The summed E-state index contributed by atoms with van der Waals surface area (Å²) in [5.41, 5.74) is -1.92. The summed E-state index contributed by atoms with van der Waals surface area (Å²) in [4.78, 5) is 0. The maximum atomic E-state index is 13.5. The van der Waals surface area contributed by atoms with Gasteiger partial charge in [-0.3, -0.25) is 0 Å². The maximum absolute atomic E-state index is 13.5. The van der Waals surface area contributed by atoms with Gasteiger partial charge in [0, 0.05) is 12.3 Å². The minimum Gasteiger partial charge on any atom is -0.353 e. The van der Waals surface area contributed by atoms with Crippen LogP contribution >= 0.6 is 11.6 Å². The standard InChI is InChI=1S/C16H15ClF4O/c17-11-8-14(12-4-6-13(18)7-5-12)22-15(16(19,20)21)9-2-1-3-10-15/h1-7,9,14H,8,10-11H2. The minimum atomic E-state index is -4.56. The molecule has 0 heterocycles. The first kappa shape index (κ1) is 17.0. The average Bonchev–Trinajstić information content (AvgIpc) is 2.47. The fraction of sp³-hybridized carbons (Fsp3) is 0.375. The van der Waals surface area contributed by atoms with Crippen LogP contribution < -0.4 is 0 Å². The quantitative estimate of drug-likeness (QED) is 0.522. The molecule has 0 fully saturated rings. The number of hydrogen-bond acceptors (Lipinski definition) is 1. The van der Waals surface area contributed by atoms with Gasteiger partial charge in [-0.05, 0) is 30.2 Å². The number of ether oxygens (including phenoxy) is 1. The third-order valence-corrected chi connectivity index (χ3v) is 3.70. The van der Waals surface area contributed by atoms with Crippen molar-refractivity contribution in [2.45, 2.75) is 30.7 Å². The highest BCUT2D eigenvalue weighted by Gasteiger charge is 2.55. The SMILES string of the molecule is Fc1ccc(C(CCCl)OC2(C(F)(F)F)C=CC=CC2)cc1. The maximum Gasteiger partial charge on any atom is 0.421 e. The highest BCUT2D eigenvalue weighted by atomic mass is 35.5. The molecule has 1 aliphatic carbocycles. The van der Waals surface area contributed by atoms with Crippen LogP contribution in [-0.2, 0) is 4.74 Å². The highest BCUT2D eigenvalue weighted by Crippen LogP contribution is 2.43. The second-order valence-corrected chi connectivity index (χ2v) is 5.39. The third-order valence-electron chi connectivity index (χ3n) is 3.48. The van der Waals surface area contributed by atoms with Crippen molar-refractivity contribution in [1.29, 1.82) is 0 Å². The van der Waals surface area contributed by atoms with Crippen LogP contribution in [0.5, 0.6) is 0 Å². The second kappa shape index (κ2) is 6.84. The Labute approximate surface area is 131 Å². The zero-order valence-corrected chi connectivity index (χ0v) is 12.4. The minimum absolute atomic E-state index is 0.134.